The van der Waals surface area contributed by atoms with E-state index in [-0.39, 0.29) is 5.82 Å². The number of carboxylic acids is 1. The summed E-state index contributed by atoms with van der Waals surface area (Å²) in [5, 5.41) is 10.1. The lowest BCUT2D eigenvalue weighted by Crippen LogP contribution is -2.30. The van der Waals surface area contributed by atoms with Gasteiger partial charge in [-0.3, -0.25) is 0 Å². The molecule has 0 aliphatic carbocycles. The third-order valence-corrected chi connectivity index (χ3v) is 4.41. The molecule has 0 amide bonds. The van der Waals surface area contributed by atoms with Gasteiger partial charge in [0.15, 0.2) is 0 Å². The van der Waals surface area contributed by atoms with Gasteiger partial charge in [0.25, 0.3) is 0 Å². The molecule has 0 saturated carbocycles. The molecule has 2 heterocycles. The second kappa shape index (κ2) is 5.12. The molecule has 0 fully saturated rings. The lowest BCUT2D eigenvalue weighted by atomic mass is 10.0. The van der Waals surface area contributed by atoms with Gasteiger partial charge < -0.3 is 15.0 Å². The summed E-state index contributed by atoms with van der Waals surface area (Å²) in [4.78, 5) is 16.8. The fourth-order valence-electron chi connectivity index (χ4n) is 3.22. The molecule has 0 unspecified atom stereocenters. The van der Waals surface area contributed by atoms with Crippen LogP contribution in [0.25, 0.3) is 10.9 Å². The van der Waals surface area contributed by atoms with Gasteiger partial charge in [0.05, 0.1) is 5.56 Å². The largest absolute Gasteiger partial charge is 0.478 e. The summed E-state index contributed by atoms with van der Waals surface area (Å²) in [7, 11) is 0. The molecule has 3 aromatic rings. The molecule has 0 spiro atoms. The van der Waals surface area contributed by atoms with E-state index in [1.54, 1.807) is 24.3 Å². The van der Waals surface area contributed by atoms with Crippen LogP contribution in [0, 0.1) is 5.82 Å². The van der Waals surface area contributed by atoms with Crippen LogP contribution in [0.2, 0.25) is 0 Å². The van der Waals surface area contributed by atoms with Crippen molar-refractivity contribution in [1.29, 1.82) is 0 Å². The van der Waals surface area contributed by atoms with Gasteiger partial charge in [0, 0.05) is 47.4 Å². The fourth-order valence-corrected chi connectivity index (χ4v) is 3.22. The zero-order valence-corrected chi connectivity index (χ0v) is 12.3. The molecule has 4 nitrogen and oxygen atoms in total. The summed E-state index contributed by atoms with van der Waals surface area (Å²) in [5.41, 5.74) is 4.50. The van der Waals surface area contributed by atoms with Gasteiger partial charge in [-0.2, -0.15) is 0 Å². The van der Waals surface area contributed by atoms with E-state index in [1.165, 1.54) is 12.1 Å². The number of halogens is 1. The molecule has 1 aliphatic heterocycles. The number of aromatic carboxylic acids is 1. The van der Waals surface area contributed by atoms with E-state index in [2.05, 4.69) is 9.88 Å². The Labute approximate surface area is 132 Å². The standard InChI is InChI=1S/C18H15FN2O2/c19-12-2-4-13(5-3-12)21-8-7-17-15(10-21)14-9-11(18(22)23)1-6-16(14)20-17/h1-6,9,20H,7-8,10H2,(H,22,23). The average molecular weight is 310 g/mol. The van der Waals surface area contributed by atoms with E-state index < -0.39 is 5.97 Å². The van der Waals surface area contributed by atoms with E-state index in [9.17, 15) is 14.3 Å². The number of benzene rings is 2. The highest BCUT2D eigenvalue weighted by Crippen LogP contribution is 2.31. The minimum absolute atomic E-state index is 0.246. The Bertz CT molecular complexity index is 899. The van der Waals surface area contributed by atoms with Crippen LogP contribution in [0.4, 0.5) is 10.1 Å². The smallest absolute Gasteiger partial charge is 0.335 e. The Hall–Kier alpha value is -2.82. The van der Waals surface area contributed by atoms with Crippen LogP contribution in [-0.2, 0) is 13.0 Å². The van der Waals surface area contributed by atoms with E-state index in [4.69, 9.17) is 0 Å². The van der Waals surface area contributed by atoms with E-state index in [1.807, 2.05) is 6.07 Å². The Morgan fingerprint density at radius 2 is 1.96 bits per heavy atom. The first-order chi connectivity index (χ1) is 11.1. The monoisotopic (exact) mass is 310 g/mol. The molecule has 0 bridgehead atoms. The highest BCUT2D eigenvalue weighted by molar-refractivity contribution is 5.95. The van der Waals surface area contributed by atoms with E-state index in [0.29, 0.717) is 12.1 Å². The van der Waals surface area contributed by atoms with Crippen LogP contribution < -0.4 is 4.90 Å². The van der Waals surface area contributed by atoms with Crippen molar-refractivity contribution in [3.63, 3.8) is 0 Å². The molecule has 116 valence electrons. The van der Waals surface area contributed by atoms with Crippen LogP contribution in [0.15, 0.2) is 42.5 Å². The minimum Gasteiger partial charge on any atom is -0.478 e. The van der Waals surface area contributed by atoms with Gasteiger partial charge in [0.2, 0.25) is 0 Å². The second-order valence-electron chi connectivity index (χ2n) is 5.80. The minimum atomic E-state index is -0.923. The van der Waals surface area contributed by atoms with Gasteiger partial charge in [-0.05, 0) is 42.5 Å². The number of hydrogen-bond donors (Lipinski definition) is 2. The average Bonchev–Trinajstić information content (AvgIpc) is 2.92. The number of H-pyrrole nitrogens is 1. The molecule has 2 N–H and O–H groups in total. The number of carboxylic acid groups (broad SMARTS) is 1. The molecule has 2 aromatic carbocycles. The van der Waals surface area contributed by atoms with Crippen LogP contribution in [0.5, 0.6) is 0 Å². The lowest BCUT2D eigenvalue weighted by Gasteiger charge is -2.29. The van der Waals surface area contributed by atoms with Gasteiger partial charge in [-0.25, -0.2) is 9.18 Å². The molecule has 1 aliphatic rings. The van der Waals surface area contributed by atoms with Gasteiger partial charge in [-0.15, -0.1) is 0 Å². The maximum absolute atomic E-state index is 13.1. The maximum Gasteiger partial charge on any atom is 0.335 e. The van der Waals surface area contributed by atoms with Crippen LogP contribution in [0.1, 0.15) is 21.6 Å². The van der Waals surface area contributed by atoms with Crippen LogP contribution in [0.3, 0.4) is 0 Å². The first-order valence-electron chi connectivity index (χ1n) is 7.49. The molecule has 0 atom stereocenters. The Morgan fingerprint density at radius 1 is 1.17 bits per heavy atom. The topological polar surface area (TPSA) is 56.3 Å². The second-order valence-corrected chi connectivity index (χ2v) is 5.80. The summed E-state index contributed by atoms with van der Waals surface area (Å²) >= 11 is 0. The summed E-state index contributed by atoms with van der Waals surface area (Å²) in [6.45, 7) is 1.53. The van der Waals surface area contributed by atoms with Crippen molar-refractivity contribution in [2.24, 2.45) is 0 Å². The van der Waals surface area contributed by atoms with Gasteiger partial charge in [0.1, 0.15) is 5.82 Å². The number of nitrogens with one attached hydrogen (secondary N) is 1. The Balaban J connectivity index is 1.75. The summed E-state index contributed by atoms with van der Waals surface area (Å²) in [5.74, 6) is -1.17. The number of hydrogen-bond acceptors (Lipinski definition) is 2. The number of carbonyl (C=O) groups is 1. The number of anilines is 1. The fraction of sp³-hybridized carbons (Fsp3) is 0.167. The number of nitrogens with zero attached hydrogens (tertiary/aromatic N) is 1. The lowest BCUT2D eigenvalue weighted by molar-refractivity contribution is 0.0697. The quantitative estimate of drug-likeness (QED) is 0.761. The van der Waals surface area contributed by atoms with Crippen molar-refractivity contribution in [2.75, 3.05) is 11.4 Å². The molecular formula is C18H15FN2O2. The van der Waals surface area contributed by atoms with Crippen molar-refractivity contribution in [3.8, 4) is 0 Å². The first kappa shape index (κ1) is 13.8. The molecule has 0 saturated heterocycles. The van der Waals surface area contributed by atoms with E-state index in [0.717, 1.165) is 40.8 Å². The SMILES string of the molecule is O=C(O)c1ccc2[nH]c3c(c2c1)CN(c1ccc(F)cc1)CC3. The number of aromatic nitrogens is 1. The van der Waals surface area contributed by atoms with Crippen molar-refractivity contribution >= 4 is 22.6 Å². The summed E-state index contributed by atoms with van der Waals surface area (Å²) < 4.78 is 13.1. The zero-order chi connectivity index (χ0) is 16.0. The van der Waals surface area contributed by atoms with Crippen LogP contribution in [-0.4, -0.2) is 22.6 Å². The highest BCUT2D eigenvalue weighted by atomic mass is 19.1. The van der Waals surface area contributed by atoms with Crippen molar-refractivity contribution < 1.29 is 14.3 Å². The summed E-state index contributed by atoms with van der Waals surface area (Å²) in [6, 6.07) is 11.6. The molecule has 0 radical (unpaired) electrons. The van der Waals surface area contributed by atoms with Crippen molar-refractivity contribution in [3.05, 3.63) is 65.1 Å². The summed E-state index contributed by atoms with van der Waals surface area (Å²) in [6.07, 6.45) is 0.851. The van der Waals surface area contributed by atoms with Crippen molar-refractivity contribution in [1.82, 2.24) is 4.98 Å². The number of rotatable bonds is 2. The molecular weight excluding hydrogens is 295 g/mol. The first-order valence-corrected chi connectivity index (χ1v) is 7.49. The maximum atomic E-state index is 13.1. The number of aromatic amines is 1. The third-order valence-electron chi connectivity index (χ3n) is 4.41. The van der Waals surface area contributed by atoms with E-state index >= 15 is 0 Å². The Morgan fingerprint density at radius 3 is 2.70 bits per heavy atom. The van der Waals surface area contributed by atoms with Crippen LogP contribution >= 0.6 is 0 Å². The highest BCUT2D eigenvalue weighted by Gasteiger charge is 2.21. The predicted octanol–water partition coefficient (Wildman–Crippen LogP) is 3.57. The van der Waals surface area contributed by atoms with Gasteiger partial charge in [-0.1, -0.05) is 0 Å². The Kier molecular flexibility index (Phi) is 3.08. The molecule has 1 aromatic heterocycles. The zero-order valence-electron chi connectivity index (χ0n) is 12.3. The van der Waals surface area contributed by atoms with Gasteiger partial charge >= 0.3 is 5.97 Å². The molecule has 4 rings (SSSR count). The predicted molar refractivity (Wildman–Crippen MR) is 86.4 cm³/mol. The number of fused-ring (bicyclic) bond motifs is 3. The normalized spacial score (nSPS) is 14.0. The molecule has 23 heavy (non-hydrogen) atoms. The molecule has 5 heteroatoms. The third kappa shape index (κ3) is 2.34. The van der Waals surface area contributed by atoms with Crippen molar-refractivity contribution in [2.45, 2.75) is 13.0 Å².